The number of hydrogen-bond acceptors (Lipinski definition) is 5. The summed E-state index contributed by atoms with van der Waals surface area (Å²) in [6.07, 6.45) is 3.96. The molecule has 1 N–H and O–H groups in total. The van der Waals surface area contributed by atoms with Gasteiger partial charge in [0.2, 0.25) is 5.91 Å². The highest BCUT2D eigenvalue weighted by Crippen LogP contribution is 2.33. The van der Waals surface area contributed by atoms with Gasteiger partial charge in [0.15, 0.2) is 0 Å². The fraction of sp³-hybridized carbons (Fsp3) is 0.387. The van der Waals surface area contributed by atoms with Crippen molar-refractivity contribution in [1.82, 2.24) is 9.88 Å². The quantitative estimate of drug-likeness (QED) is 0.360. The molecule has 2 aromatic carbocycles. The summed E-state index contributed by atoms with van der Waals surface area (Å²) >= 11 is 0. The smallest absolute Gasteiger partial charge is 0.410 e. The molecule has 0 radical (unpaired) electrons. The zero-order valence-electron chi connectivity index (χ0n) is 22.9. The van der Waals surface area contributed by atoms with Gasteiger partial charge in [-0.25, -0.2) is 14.2 Å². The van der Waals surface area contributed by atoms with Crippen molar-refractivity contribution in [3.05, 3.63) is 78.2 Å². The zero-order chi connectivity index (χ0) is 28.0. The van der Waals surface area contributed by atoms with Gasteiger partial charge in [-0.2, -0.15) is 0 Å². The molecular weight excluding hydrogens is 497 g/mol. The van der Waals surface area contributed by atoms with Gasteiger partial charge in [0, 0.05) is 36.3 Å². The number of ether oxygens (including phenoxy) is 2. The molecule has 1 saturated carbocycles. The average molecular weight is 534 g/mol. The fourth-order valence-corrected chi connectivity index (χ4v) is 4.89. The first-order valence-corrected chi connectivity index (χ1v) is 13.3. The largest absolute Gasteiger partial charge is 0.496 e. The molecular formula is C31H36FN3O4. The zero-order valence-corrected chi connectivity index (χ0v) is 22.9. The van der Waals surface area contributed by atoms with E-state index >= 15 is 0 Å². The third-order valence-corrected chi connectivity index (χ3v) is 6.82. The van der Waals surface area contributed by atoms with Crippen LogP contribution in [-0.2, 0) is 16.1 Å². The maximum Gasteiger partial charge on any atom is 0.410 e. The Morgan fingerprint density at radius 3 is 2.41 bits per heavy atom. The normalized spacial score (nSPS) is 17.3. The van der Waals surface area contributed by atoms with E-state index in [-0.39, 0.29) is 29.8 Å². The molecule has 0 atom stereocenters. The molecule has 8 heteroatoms. The Labute approximate surface area is 229 Å². The van der Waals surface area contributed by atoms with E-state index in [0.29, 0.717) is 49.4 Å². The fourth-order valence-electron chi connectivity index (χ4n) is 4.89. The van der Waals surface area contributed by atoms with Crippen LogP contribution in [0.15, 0.2) is 66.9 Å². The van der Waals surface area contributed by atoms with E-state index in [0.717, 1.165) is 11.1 Å². The summed E-state index contributed by atoms with van der Waals surface area (Å²) in [5.74, 6) is 0.149. The molecule has 0 saturated heterocycles. The van der Waals surface area contributed by atoms with Crippen molar-refractivity contribution in [2.75, 3.05) is 12.4 Å². The Bertz CT molecular complexity index is 1280. The van der Waals surface area contributed by atoms with Gasteiger partial charge in [-0.3, -0.25) is 4.79 Å². The molecule has 1 aliphatic rings. The van der Waals surface area contributed by atoms with Gasteiger partial charge in [0.05, 0.1) is 7.11 Å². The second-order valence-electron chi connectivity index (χ2n) is 10.9. The molecule has 0 spiro atoms. The van der Waals surface area contributed by atoms with Gasteiger partial charge in [0.25, 0.3) is 0 Å². The predicted molar refractivity (Wildman–Crippen MR) is 149 cm³/mol. The van der Waals surface area contributed by atoms with Crippen LogP contribution in [0, 0.1) is 11.7 Å². The molecule has 0 unspecified atom stereocenters. The number of benzene rings is 2. The van der Waals surface area contributed by atoms with Crippen LogP contribution < -0.4 is 10.1 Å². The van der Waals surface area contributed by atoms with Crippen molar-refractivity contribution in [3.8, 4) is 16.9 Å². The first-order chi connectivity index (χ1) is 18.6. The standard InChI is InChI=1S/C31H36FN3O4/c1-31(2,3)39-30(37)35(20-21-8-6-5-7-9-21)25-13-10-22(11-14-25)29(36)34-28-18-23(16-17-33-28)26-15-12-24(32)19-27(26)38-4/h5-9,12,15-19,22,25H,10-11,13-14,20H2,1-4H3,(H,33,34,36). The van der Waals surface area contributed by atoms with Crippen LogP contribution in [0.25, 0.3) is 11.1 Å². The molecule has 2 amide bonds. The van der Waals surface area contributed by atoms with Gasteiger partial charge in [-0.15, -0.1) is 0 Å². The lowest BCUT2D eigenvalue weighted by atomic mass is 9.84. The van der Waals surface area contributed by atoms with Crippen LogP contribution in [0.5, 0.6) is 5.75 Å². The van der Waals surface area contributed by atoms with Crippen molar-refractivity contribution in [3.63, 3.8) is 0 Å². The highest BCUT2D eigenvalue weighted by atomic mass is 19.1. The molecule has 1 heterocycles. The van der Waals surface area contributed by atoms with Crippen LogP contribution in [0.1, 0.15) is 52.0 Å². The minimum absolute atomic E-state index is 0.0171. The van der Waals surface area contributed by atoms with Crippen LogP contribution in [0.3, 0.4) is 0 Å². The third kappa shape index (κ3) is 7.56. The van der Waals surface area contributed by atoms with Crippen molar-refractivity contribution < 1.29 is 23.5 Å². The lowest BCUT2D eigenvalue weighted by Crippen LogP contribution is -2.45. The van der Waals surface area contributed by atoms with E-state index in [2.05, 4.69) is 10.3 Å². The molecule has 3 aromatic rings. The summed E-state index contributed by atoms with van der Waals surface area (Å²) < 4.78 is 24.7. The minimum Gasteiger partial charge on any atom is -0.496 e. The third-order valence-electron chi connectivity index (χ3n) is 6.82. The van der Waals surface area contributed by atoms with E-state index < -0.39 is 5.60 Å². The lowest BCUT2D eigenvalue weighted by Gasteiger charge is -2.37. The van der Waals surface area contributed by atoms with Gasteiger partial charge in [-0.1, -0.05) is 30.3 Å². The van der Waals surface area contributed by atoms with E-state index in [9.17, 15) is 14.0 Å². The monoisotopic (exact) mass is 533 g/mol. The number of methoxy groups -OCH3 is 1. The number of halogens is 1. The molecule has 39 heavy (non-hydrogen) atoms. The van der Waals surface area contributed by atoms with Crippen molar-refractivity contribution >= 4 is 17.8 Å². The van der Waals surface area contributed by atoms with E-state index in [1.165, 1.54) is 19.2 Å². The molecule has 0 aliphatic heterocycles. The van der Waals surface area contributed by atoms with E-state index in [1.54, 1.807) is 29.3 Å². The molecule has 1 fully saturated rings. The number of aromatic nitrogens is 1. The number of amides is 2. The average Bonchev–Trinajstić information content (AvgIpc) is 2.91. The summed E-state index contributed by atoms with van der Waals surface area (Å²) in [4.78, 5) is 32.4. The Morgan fingerprint density at radius 2 is 1.74 bits per heavy atom. The molecule has 1 aliphatic carbocycles. The van der Waals surface area contributed by atoms with Gasteiger partial charge >= 0.3 is 6.09 Å². The molecule has 0 bridgehead atoms. The van der Waals surface area contributed by atoms with Crippen LogP contribution in [0.2, 0.25) is 0 Å². The van der Waals surface area contributed by atoms with Crippen molar-refractivity contribution in [1.29, 1.82) is 0 Å². The first kappa shape index (κ1) is 28.1. The Hall–Kier alpha value is -3.94. The Morgan fingerprint density at radius 1 is 1.03 bits per heavy atom. The maximum atomic E-state index is 13.6. The first-order valence-electron chi connectivity index (χ1n) is 13.3. The van der Waals surface area contributed by atoms with Gasteiger partial charge in [-0.05, 0) is 81.8 Å². The number of anilines is 1. The van der Waals surface area contributed by atoms with E-state index in [1.807, 2.05) is 51.1 Å². The molecule has 7 nitrogen and oxygen atoms in total. The summed E-state index contributed by atoms with van der Waals surface area (Å²) in [6, 6.07) is 17.7. The van der Waals surface area contributed by atoms with Crippen LogP contribution in [0.4, 0.5) is 15.0 Å². The van der Waals surface area contributed by atoms with Crippen LogP contribution in [-0.4, -0.2) is 40.6 Å². The molecule has 206 valence electrons. The number of carbonyl (C=O) groups excluding carboxylic acids is 2. The number of hydrogen-bond donors (Lipinski definition) is 1. The number of pyridine rings is 1. The number of rotatable bonds is 7. The van der Waals surface area contributed by atoms with Gasteiger partial charge in [0.1, 0.15) is 23.0 Å². The maximum absolute atomic E-state index is 13.6. The second-order valence-corrected chi connectivity index (χ2v) is 10.9. The predicted octanol–water partition coefficient (Wildman–Crippen LogP) is 6.83. The highest BCUT2D eigenvalue weighted by molar-refractivity contribution is 5.92. The van der Waals surface area contributed by atoms with Gasteiger partial charge < -0.3 is 19.7 Å². The van der Waals surface area contributed by atoms with E-state index in [4.69, 9.17) is 9.47 Å². The molecule has 1 aromatic heterocycles. The second kappa shape index (κ2) is 12.3. The molecule has 4 rings (SSSR count). The Balaban J connectivity index is 1.41. The summed E-state index contributed by atoms with van der Waals surface area (Å²) in [5.41, 5.74) is 1.91. The number of nitrogens with zero attached hydrogens (tertiary/aromatic N) is 2. The number of nitrogens with one attached hydrogen (secondary N) is 1. The van der Waals surface area contributed by atoms with Crippen molar-refractivity contribution in [2.45, 2.75) is 64.6 Å². The number of carbonyl (C=O) groups is 2. The topological polar surface area (TPSA) is 80.8 Å². The van der Waals surface area contributed by atoms with Crippen molar-refractivity contribution in [2.24, 2.45) is 5.92 Å². The Kier molecular flexibility index (Phi) is 8.84. The highest BCUT2D eigenvalue weighted by Gasteiger charge is 2.34. The summed E-state index contributed by atoms with van der Waals surface area (Å²) in [6.45, 7) is 6.05. The summed E-state index contributed by atoms with van der Waals surface area (Å²) in [5, 5.41) is 2.94. The SMILES string of the molecule is COc1cc(F)ccc1-c1ccnc(NC(=O)C2CCC(N(Cc3ccccc3)C(=O)OC(C)(C)C)CC2)c1. The lowest BCUT2D eigenvalue weighted by molar-refractivity contribution is -0.121. The van der Waals surface area contributed by atoms with Crippen LogP contribution >= 0.6 is 0 Å². The minimum atomic E-state index is -0.595. The summed E-state index contributed by atoms with van der Waals surface area (Å²) in [7, 11) is 1.49.